The molecule has 136 valence electrons. The fraction of sp³-hybridized carbons (Fsp3) is 0. The molecule has 0 bridgehead atoms. The summed E-state index contributed by atoms with van der Waals surface area (Å²) in [5.74, 6) is 0. The molecule has 0 saturated heterocycles. The van der Waals surface area contributed by atoms with Crippen molar-refractivity contribution >= 4 is 36.0 Å². The molecule has 0 radical (unpaired) electrons. The Kier molecular flexibility index (Phi) is 7.82. The molecule has 0 aliphatic carbocycles. The van der Waals surface area contributed by atoms with Gasteiger partial charge in [-0.05, 0) is 23.8 Å². The molecule has 0 saturated carbocycles. The fourth-order valence-electron chi connectivity index (χ4n) is 2.26. The molecule has 0 spiro atoms. The predicted octanol–water partition coefficient (Wildman–Crippen LogP) is 1.57. The topological polar surface area (TPSA) is 105 Å². The number of hydrogen-bond acceptors (Lipinski definition) is 4. The third-order valence-electron chi connectivity index (χ3n) is 3.26. The van der Waals surface area contributed by atoms with Crippen molar-refractivity contribution in [2.24, 2.45) is 10.2 Å². The van der Waals surface area contributed by atoms with Crippen molar-refractivity contribution < 1.29 is 19.8 Å². The van der Waals surface area contributed by atoms with E-state index in [1.54, 1.807) is 0 Å². The molecule has 3 aromatic rings. The van der Waals surface area contributed by atoms with Crippen LogP contribution in [-0.4, -0.2) is 12.2 Å². The summed E-state index contributed by atoms with van der Waals surface area (Å²) in [5, 5.41) is 26.9. The minimum Gasteiger partial charge on any atom is -0.527 e. The molecule has 7 heteroatoms. The highest BCUT2D eigenvalue weighted by molar-refractivity contribution is 7.79. The number of nitrogens with zero attached hydrogens (tertiary/aromatic N) is 2. The Morgan fingerprint density at radius 3 is 1.04 bits per heavy atom. The van der Waals surface area contributed by atoms with Gasteiger partial charge in [0.05, 0.1) is 0 Å². The largest absolute Gasteiger partial charge is 0.527 e. The van der Waals surface area contributed by atoms with Gasteiger partial charge in [0.25, 0.3) is 0 Å². The van der Waals surface area contributed by atoms with Crippen molar-refractivity contribution in [1.82, 2.24) is 0 Å². The van der Waals surface area contributed by atoms with Crippen LogP contribution in [0.3, 0.4) is 0 Å². The van der Waals surface area contributed by atoms with E-state index in [2.05, 4.69) is 101 Å². The molecule has 0 aliphatic rings. The first-order valence-corrected chi connectivity index (χ1v) is 9.21. The van der Waals surface area contributed by atoms with E-state index in [-0.39, 0.29) is 0 Å². The van der Waals surface area contributed by atoms with Crippen molar-refractivity contribution in [2.45, 2.75) is 0 Å². The number of carbonyl (C=O) groups excluding carboxylic acids is 2. The van der Waals surface area contributed by atoms with E-state index in [1.807, 2.05) is 0 Å². The molecule has 3 rings (SSSR count). The zero-order chi connectivity index (χ0) is 19.5. The van der Waals surface area contributed by atoms with E-state index in [0.717, 1.165) is 0 Å². The van der Waals surface area contributed by atoms with Crippen molar-refractivity contribution in [3.8, 4) is 0 Å². The number of azo groups is 1. The Bertz CT molecular complexity index is 778. The molecule has 0 aliphatic heterocycles. The van der Waals surface area contributed by atoms with Crippen LogP contribution in [0.2, 0.25) is 0 Å². The lowest BCUT2D eigenvalue weighted by molar-refractivity contribution is -0.252. The average molecular weight is 378 g/mol. The smallest absolute Gasteiger partial charge is 0.185 e. The standard InChI is InChI=1S/C18H15P.C2H2N2O4/c1-4-10-16(11-5-1)19(17-12-6-2-7-13-17)18-14-8-3-9-15-18;5-1(6)3-4-2(7)8/h1-15H;(H,5,6)(H,7,8)/p-2. The highest BCUT2D eigenvalue weighted by Gasteiger charge is 2.14. The summed E-state index contributed by atoms with van der Waals surface area (Å²) in [6, 6.07) is 32.3. The number of hydrogen-bond donors (Lipinski definition) is 0. The van der Waals surface area contributed by atoms with Crippen LogP contribution < -0.4 is 26.1 Å². The quantitative estimate of drug-likeness (QED) is 0.509. The van der Waals surface area contributed by atoms with Crippen LogP contribution in [0.25, 0.3) is 0 Å². The van der Waals surface area contributed by atoms with Gasteiger partial charge >= 0.3 is 0 Å². The molecule has 0 fully saturated rings. The molecule has 3 aromatic carbocycles. The van der Waals surface area contributed by atoms with Gasteiger partial charge in [-0.3, -0.25) is 0 Å². The Hall–Kier alpha value is -3.37. The molecule has 0 heterocycles. The third-order valence-corrected chi connectivity index (χ3v) is 5.70. The van der Waals surface area contributed by atoms with Crippen LogP contribution >= 0.6 is 7.92 Å². The van der Waals surface area contributed by atoms with Gasteiger partial charge in [0.2, 0.25) is 0 Å². The van der Waals surface area contributed by atoms with Gasteiger partial charge in [0.15, 0.2) is 12.2 Å². The van der Waals surface area contributed by atoms with E-state index in [0.29, 0.717) is 0 Å². The summed E-state index contributed by atoms with van der Waals surface area (Å²) >= 11 is 0. The summed E-state index contributed by atoms with van der Waals surface area (Å²) in [7, 11) is -0.446. The molecule has 27 heavy (non-hydrogen) atoms. The van der Waals surface area contributed by atoms with Crippen LogP contribution in [0.15, 0.2) is 101 Å². The van der Waals surface area contributed by atoms with Gasteiger partial charge in [-0.25, -0.2) is 0 Å². The first-order chi connectivity index (χ1) is 13.1. The zero-order valence-electron chi connectivity index (χ0n) is 14.1. The van der Waals surface area contributed by atoms with E-state index >= 15 is 0 Å². The second-order valence-corrected chi connectivity index (χ2v) is 7.29. The van der Waals surface area contributed by atoms with E-state index in [9.17, 15) is 19.8 Å². The fourth-order valence-corrected chi connectivity index (χ4v) is 4.57. The number of carbonyl (C=O) groups is 2. The van der Waals surface area contributed by atoms with Crippen LogP contribution in [0.1, 0.15) is 0 Å². The van der Waals surface area contributed by atoms with Crippen LogP contribution in [-0.2, 0) is 0 Å². The SMILES string of the molecule is O=C([O-])N=NC(=O)[O-].c1ccc(P(c2ccccc2)c2ccccc2)cc1. The highest BCUT2D eigenvalue weighted by Crippen LogP contribution is 2.32. The highest BCUT2D eigenvalue weighted by atomic mass is 31.1. The monoisotopic (exact) mass is 378 g/mol. The lowest BCUT2D eigenvalue weighted by Crippen LogP contribution is -2.20. The lowest BCUT2D eigenvalue weighted by atomic mass is 10.4. The van der Waals surface area contributed by atoms with Gasteiger partial charge in [-0.2, -0.15) is 0 Å². The molecule has 0 N–H and O–H groups in total. The van der Waals surface area contributed by atoms with Gasteiger partial charge in [0.1, 0.15) is 0 Å². The Balaban J connectivity index is 0.000000279. The summed E-state index contributed by atoms with van der Waals surface area (Å²) in [4.78, 5) is 18.5. The maximum absolute atomic E-state index is 9.24. The summed E-state index contributed by atoms with van der Waals surface area (Å²) in [6.07, 6.45) is -3.82. The maximum atomic E-state index is 9.24. The van der Waals surface area contributed by atoms with Crippen molar-refractivity contribution in [1.29, 1.82) is 0 Å². The van der Waals surface area contributed by atoms with Gasteiger partial charge in [0, 0.05) is 0 Å². The van der Waals surface area contributed by atoms with Crippen molar-refractivity contribution in [2.75, 3.05) is 0 Å². The predicted molar refractivity (Wildman–Crippen MR) is 101 cm³/mol. The van der Waals surface area contributed by atoms with Crippen molar-refractivity contribution in [3.05, 3.63) is 91.0 Å². The minimum absolute atomic E-state index is 0.446. The summed E-state index contributed by atoms with van der Waals surface area (Å²) in [5.41, 5.74) is 0. The summed E-state index contributed by atoms with van der Waals surface area (Å²) < 4.78 is 0. The first-order valence-electron chi connectivity index (χ1n) is 7.87. The number of amides is 2. The van der Waals surface area contributed by atoms with Gasteiger partial charge < -0.3 is 19.8 Å². The Morgan fingerprint density at radius 2 is 0.815 bits per heavy atom. The van der Waals surface area contributed by atoms with E-state index in [1.165, 1.54) is 15.9 Å². The van der Waals surface area contributed by atoms with Crippen LogP contribution in [0.4, 0.5) is 9.59 Å². The molecule has 0 atom stereocenters. The molecular weight excluding hydrogens is 363 g/mol. The van der Waals surface area contributed by atoms with Crippen LogP contribution in [0.5, 0.6) is 0 Å². The number of benzene rings is 3. The van der Waals surface area contributed by atoms with Gasteiger partial charge in [-0.15, -0.1) is 10.2 Å². The summed E-state index contributed by atoms with van der Waals surface area (Å²) in [6.45, 7) is 0. The molecule has 0 aromatic heterocycles. The number of carboxylic acid groups (broad SMARTS) is 2. The second-order valence-electron chi connectivity index (χ2n) is 5.07. The first kappa shape index (κ1) is 19.9. The maximum Gasteiger partial charge on any atom is 0.185 e. The van der Waals surface area contributed by atoms with Gasteiger partial charge in [-0.1, -0.05) is 91.0 Å². The second kappa shape index (κ2) is 10.6. The van der Waals surface area contributed by atoms with Crippen molar-refractivity contribution in [3.63, 3.8) is 0 Å². The average Bonchev–Trinajstić information content (AvgIpc) is 2.70. The van der Waals surface area contributed by atoms with E-state index in [4.69, 9.17) is 0 Å². The van der Waals surface area contributed by atoms with E-state index < -0.39 is 20.1 Å². The molecule has 6 nitrogen and oxygen atoms in total. The zero-order valence-corrected chi connectivity index (χ0v) is 15.0. The third kappa shape index (κ3) is 6.80. The molecular formula is C20H15N2O4P-2. The Morgan fingerprint density at radius 1 is 0.556 bits per heavy atom. The molecule has 0 unspecified atom stereocenters. The Labute approximate surface area is 157 Å². The lowest BCUT2D eigenvalue weighted by Gasteiger charge is -2.18. The normalized spacial score (nSPS) is 10.3. The molecule has 2 amide bonds. The minimum atomic E-state index is -1.91. The number of rotatable bonds is 3. The van der Waals surface area contributed by atoms with Crippen LogP contribution in [0, 0.1) is 0 Å².